The van der Waals surface area contributed by atoms with E-state index in [0.29, 0.717) is 10.7 Å². The highest BCUT2D eigenvalue weighted by molar-refractivity contribution is 7.09. The molecule has 1 atom stereocenters. The average molecular weight is 313 g/mol. The molecule has 2 rings (SSSR count). The molecule has 21 heavy (non-hydrogen) atoms. The molecule has 3 N–H and O–H groups in total. The summed E-state index contributed by atoms with van der Waals surface area (Å²) in [5, 5.41) is 4.80. The molecule has 5 nitrogen and oxygen atoms in total. The van der Waals surface area contributed by atoms with Gasteiger partial charge in [0, 0.05) is 17.1 Å². The van der Waals surface area contributed by atoms with E-state index in [1.807, 2.05) is 0 Å². The smallest absolute Gasteiger partial charge is 0.387 e. The molecule has 8 heteroatoms. The van der Waals surface area contributed by atoms with Crippen molar-refractivity contribution in [3.8, 4) is 5.75 Å². The van der Waals surface area contributed by atoms with Gasteiger partial charge in [-0.1, -0.05) is 6.07 Å². The number of alkyl halides is 2. The lowest BCUT2D eigenvalue weighted by Gasteiger charge is -2.07. The van der Waals surface area contributed by atoms with Gasteiger partial charge in [0.2, 0.25) is 0 Å². The van der Waals surface area contributed by atoms with Crippen LogP contribution in [-0.2, 0) is 0 Å². The van der Waals surface area contributed by atoms with Crippen LogP contribution in [0.5, 0.6) is 5.75 Å². The Morgan fingerprint density at radius 3 is 2.86 bits per heavy atom. The maximum Gasteiger partial charge on any atom is 0.387 e. The normalized spacial score (nSPS) is 12.2. The predicted octanol–water partition coefficient (Wildman–Crippen LogP) is 3.02. The van der Waals surface area contributed by atoms with Crippen molar-refractivity contribution in [1.82, 2.24) is 4.98 Å². The number of aromatic nitrogens is 1. The molecule has 1 aromatic carbocycles. The van der Waals surface area contributed by atoms with Gasteiger partial charge in [-0.05, 0) is 19.1 Å². The van der Waals surface area contributed by atoms with Crippen molar-refractivity contribution in [3.05, 3.63) is 40.3 Å². The summed E-state index contributed by atoms with van der Waals surface area (Å²) in [5.41, 5.74) is 6.24. The first-order chi connectivity index (χ1) is 9.95. The fourth-order valence-electron chi connectivity index (χ4n) is 1.55. The molecule has 1 heterocycles. The van der Waals surface area contributed by atoms with Gasteiger partial charge < -0.3 is 15.8 Å². The van der Waals surface area contributed by atoms with Crippen molar-refractivity contribution in [2.24, 2.45) is 5.73 Å². The van der Waals surface area contributed by atoms with E-state index >= 15 is 0 Å². The Labute approximate surface area is 123 Å². The third-order valence-corrected chi connectivity index (χ3v) is 3.51. The minimum atomic E-state index is -2.91. The number of halogens is 2. The summed E-state index contributed by atoms with van der Waals surface area (Å²) in [7, 11) is 0. The second-order valence-corrected chi connectivity index (χ2v) is 5.11. The summed E-state index contributed by atoms with van der Waals surface area (Å²) in [6.45, 7) is -1.14. The Morgan fingerprint density at radius 2 is 2.24 bits per heavy atom. The number of nitrogens with zero attached hydrogens (tertiary/aromatic N) is 1. The van der Waals surface area contributed by atoms with Crippen LogP contribution in [-0.4, -0.2) is 17.5 Å². The van der Waals surface area contributed by atoms with Gasteiger partial charge in [-0.25, -0.2) is 4.98 Å². The number of rotatable bonds is 5. The van der Waals surface area contributed by atoms with E-state index in [-0.39, 0.29) is 17.5 Å². The number of anilines is 1. The molecule has 1 amide bonds. The van der Waals surface area contributed by atoms with E-state index < -0.39 is 12.5 Å². The van der Waals surface area contributed by atoms with Crippen LogP contribution in [0.1, 0.15) is 28.5 Å². The molecule has 112 valence electrons. The van der Waals surface area contributed by atoms with Crippen LogP contribution in [0.25, 0.3) is 0 Å². The van der Waals surface area contributed by atoms with Crippen molar-refractivity contribution in [1.29, 1.82) is 0 Å². The molecule has 1 aromatic heterocycles. The van der Waals surface area contributed by atoms with E-state index in [4.69, 9.17) is 5.73 Å². The third-order valence-electron chi connectivity index (χ3n) is 2.46. The highest BCUT2D eigenvalue weighted by Crippen LogP contribution is 2.21. The van der Waals surface area contributed by atoms with Crippen LogP contribution in [0.15, 0.2) is 29.6 Å². The van der Waals surface area contributed by atoms with Gasteiger partial charge in [0.05, 0.1) is 6.04 Å². The fraction of sp³-hybridized carbons (Fsp3) is 0.231. The SMILES string of the molecule is CC(N)c1nc(C(=O)Nc2cccc(OC(F)F)c2)cs1. The summed E-state index contributed by atoms with van der Waals surface area (Å²) in [6, 6.07) is 5.50. The average Bonchev–Trinajstić information content (AvgIpc) is 2.88. The van der Waals surface area contributed by atoms with Crippen LogP contribution in [0.2, 0.25) is 0 Å². The number of benzene rings is 1. The second kappa shape index (κ2) is 6.59. The number of carbonyl (C=O) groups is 1. The molecular formula is C13H13F2N3O2S. The number of nitrogens with one attached hydrogen (secondary N) is 1. The van der Waals surface area contributed by atoms with Crippen LogP contribution in [0.3, 0.4) is 0 Å². The largest absolute Gasteiger partial charge is 0.435 e. The Bertz CT molecular complexity index is 631. The number of amides is 1. The van der Waals surface area contributed by atoms with Crippen LogP contribution < -0.4 is 15.8 Å². The summed E-state index contributed by atoms with van der Waals surface area (Å²) in [6.07, 6.45) is 0. The number of thiazole rings is 1. The quantitative estimate of drug-likeness (QED) is 0.889. The highest BCUT2D eigenvalue weighted by atomic mass is 32.1. The Morgan fingerprint density at radius 1 is 1.48 bits per heavy atom. The minimum Gasteiger partial charge on any atom is -0.435 e. The second-order valence-electron chi connectivity index (χ2n) is 4.22. The third kappa shape index (κ3) is 4.20. The molecule has 2 aromatic rings. The summed E-state index contributed by atoms with van der Waals surface area (Å²) >= 11 is 1.29. The van der Waals surface area contributed by atoms with E-state index in [0.717, 1.165) is 0 Å². The number of hydrogen-bond acceptors (Lipinski definition) is 5. The monoisotopic (exact) mass is 313 g/mol. The molecule has 0 radical (unpaired) electrons. The topological polar surface area (TPSA) is 77.2 Å². The van der Waals surface area contributed by atoms with E-state index in [1.54, 1.807) is 18.4 Å². The molecule has 0 aliphatic carbocycles. The number of nitrogens with two attached hydrogens (primary N) is 1. The predicted molar refractivity (Wildman–Crippen MR) is 75.7 cm³/mol. The first-order valence-corrected chi connectivity index (χ1v) is 6.91. The van der Waals surface area contributed by atoms with E-state index in [1.165, 1.54) is 29.5 Å². The first-order valence-electron chi connectivity index (χ1n) is 6.03. The van der Waals surface area contributed by atoms with E-state index in [2.05, 4.69) is 15.0 Å². The maximum atomic E-state index is 12.1. The molecule has 1 unspecified atom stereocenters. The lowest BCUT2D eigenvalue weighted by Crippen LogP contribution is -2.13. The van der Waals surface area contributed by atoms with Gasteiger partial charge in [0.1, 0.15) is 16.5 Å². The first kappa shape index (κ1) is 15.3. The van der Waals surface area contributed by atoms with Crippen LogP contribution >= 0.6 is 11.3 Å². The van der Waals surface area contributed by atoms with Gasteiger partial charge in [-0.3, -0.25) is 4.79 Å². The number of carbonyl (C=O) groups excluding carboxylic acids is 1. The van der Waals surface area contributed by atoms with Crippen LogP contribution in [0.4, 0.5) is 14.5 Å². The molecule has 0 spiro atoms. The zero-order chi connectivity index (χ0) is 15.4. The number of ether oxygens (including phenoxy) is 1. The number of hydrogen-bond donors (Lipinski definition) is 2. The van der Waals surface area contributed by atoms with Gasteiger partial charge >= 0.3 is 6.61 Å². The zero-order valence-electron chi connectivity index (χ0n) is 11.0. The van der Waals surface area contributed by atoms with Crippen molar-refractivity contribution in [2.75, 3.05) is 5.32 Å². The standard InChI is InChI=1S/C13H13F2N3O2S/c1-7(16)12-18-10(6-21-12)11(19)17-8-3-2-4-9(5-8)20-13(14)15/h2-7,13H,16H2,1H3,(H,17,19). The highest BCUT2D eigenvalue weighted by Gasteiger charge is 2.13. The zero-order valence-corrected chi connectivity index (χ0v) is 11.9. The minimum absolute atomic E-state index is 0.0302. The molecular weight excluding hydrogens is 300 g/mol. The lowest BCUT2D eigenvalue weighted by atomic mass is 10.3. The summed E-state index contributed by atoms with van der Waals surface area (Å²) in [5.74, 6) is -0.468. The van der Waals surface area contributed by atoms with Gasteiger partial charge in [0.15, 0.2) is 0 Å². The Kier molecular flexibility index (Phi) is 4.81. The summed E-state index contributed by atoms with van der Waals surface area (Å²) in [4.78, 5) is 16.1. The molecule has 0 aliphatic heterocycles. The Hall–Kier alpha value is -2.06. The molecule has 0 saturated heterocycles. The van der Waals surface area contributed by atoms with Crippen molar-refractivity contribution in [3.63, 3.8) is 0 Å². The summed E-state index contributed by atoms with van der Waals surface area (Å²) < 4.78 is 28.5. The Balaban J connectivity index is 2.08. The van der Waals surface area contributed by atoms with Crippen LogP contribution in [0, 0.1) is 0 Å². The van der Waals surface area contributed by atoms with Crippen molar-refractivity contribution >= 4 is 22.9 Å². The van der Waals surface area contributed by atoms with Crippen molar-refractivity contribution in [2.45, 2.75) is 19.6 Å². The molecule has 0 fully saturated rings. The van der Waals surface area contributed by atoms with Gasteiger partial charge in [0.25, 0.3) is 5.91 Å². The van der Waals surface area contributed by atoms with Crippen molar-refractivity contribution < 1.29 is 18.3 Å². The van der Waals surface area contributed by atoms with E-state index in [9.17, 15) is 13.6 Å². The maximum absolute atomic E-state index is 12.1. The molecule has 0 aliphatic rings. The van der Waals surface area contributed by atoms with Gasteiger partial charge in [-0.15, -0.1) is 11.3 Å². The van der Waals surface area contributed by atoms with Gasteiger partial charge in [-0.2, -0.15) is 8.78 Å². The lowest BCUT2D eigenvalue weighted by molar-refractivity contribution is -0.0497. The molecule has 0 bridgehead atoms. The fourth-order valence-corrected chi connectivity index (χ4v) is 2.30. The molecule has 0 saturated carbocycles.